The molecule has 12 heteroatoms. The van der Waals surface area contributed by atoms with Crippen molar-refractivity contribution in [3.63, 3.8) is 0 Å². The molecule has 3 aliphatic heterocycles. The average molecular weight is 609 g/mol. The summed E-state index contributed by atoms with van der Waals surface area (Å²) in [6, 6.07) is 7.59. The molecule has 37 heavy (non-hydrogen) atoms. The van der Waals surface area contributed by atoms with Crippen molar-refractivity contribution in [3.8, 4) is 11.5 Å². The summed E-state index contributed by atoms with van der Waals surface area (Å²) in [7, 11) is -9.71. The molecule has 8 nitrogen and oxygen atoms in total. The molecule has 3 aromatic carbocycles. The number of fused-ring (bicyclic) bond motifs is 3. The molecule has 0 atom stereocenters. The maximum absolute atomic E-state index is 14.6. The Morgan fingerprint density at radius 3 is 2.35 bits per heavy atom. The lowest BCUT2D eigenvalue weighted by atomic mass is 9.87. The van der Waals surface area contributed by atoms with E-state index in [4.69, 9.17) is 4.74 Å². The Morgan fingerprint density at radius 2 is 1.65 bits per heavy atom. The van der Waals surface area contributed by atoms with Gasteiger partial charge < -0.3 is 4.74 Å². The first-order chi connectivity index (χ1) is 17.4. The third-order valence-corrected chi connectivity index (χ3v) is 9.39. The molecule has 0 aromatic heterocycles. The van der Waals surface area contributed by atoms with Crippen LogP contribution in [0.3, 0.4) is 0 Å². The second-order valence-electron chi connectivity index (χ2n) is 9.28. The molecule has 0 radical (unpaired) electrons. The van der Waals surface area contributed by atoms with E-state index in [0.29, 0.717) is 28.2 Å². The summed E-state index contributed by atoms with van der Waals surface area (Å²) in [6.45, 7) is 1.83. The van der Waals surface area contributed by atoms with Gasteiger partial charge in [0.25, 0.3) is 20.2 Å². The molecule has 0 fully saturated rings. The fourth-order valence-corrected chi connectivity index (χ4v) is 7.22. The molecule has 0 saturated heterocycles. The maximum Gasteiger partial charge on any atom is 0.295 e. The van der Waals surface area contributed by atoms with Crippen LogP contribution < -0.4 is 19.9 Å². The van der Waals surface area contributed by atoms with Gasteiger partial charge in [-0.05, 0) is 53.0 Å². The highest BCUT2D eigenvalue weighted by Crippen LogP contribution is 2.42. The van der Waals surface area contributed by atoms with Crippen LogP contribution >= 0.6 is 15.9 Å². The number of aryl methyl sites for hydroxylation is 1. The third-order valence-electron chi connectivity index (χ3n) is 7.04. The first-order valence-electron chi connectivity index (χ1n) is 11.5. The number of hydrogen-bond donors (Lipinski definition) is 2. The van der Waals surface area contributed by atoms with Gasteiger partial charge in [-0.25, -0.2) is 8.97 Å². The van der Waals surface area contributed by atoms with E-state index in [9.17, 15) is 30.3 Å². The summed E-state index contributed by atoms with van der Waals surface area (Å²) in [6.07, 6.45) is 3.37. The van der Waals surface area contributed by atoms with Crippen molar-refractivity contribution >= 4 is 41.7 Å². The highest BCUT2D eigenvalue weighted by atomic mass is 79.9. The molecule has 3 heterocycles. The molecule has 192 valence electrons. The fraction of sp³-hybridized carbons (Fsp3) is 0.240. The molecular weight excluding hydrogens is 589 g/mol. The SMILES string of the molecule is O=S(=O)(O)c1ccc(C2=c3cc4c5c(c3Oc3cc(F)c(Br)cc32)CCC[N+]=5CCC4)c(S(=O)(=O)O)c1. The van der Waals surface area contributed by atoms with E-state index in [0.717, 1.165) is 61.3 Å². The standard InChI is InChI=1S/C25H19BrFNO7S2/c26-19-11-17-21(12-20(19)27)35-25-16-4-2-8-28-7-1-3-13(24(16)28)9-18(25)23(17)15-6-5-14(36(29,30)31)10-22(15)37(32,33)34/h5-6,9-12H,1-4,7-8H2,(H-,29,30,31,32,33,34)/p+1. The molecule has 0 unspecified atom stereocenters. The van der Waals surface area contributed by atoms with Gasteiger partial charge in [0.05, 0.1) is 14.9 Å². The van der Waals surface area contributed by atoms with Crippen molar-refractivity contribution in [2.75, 3.05) is 13.1 Å². The molecule has 0 amide bonds. The quantitative estimate of drug-likeness (QED) is 0.271. The Hall–Kier alpha value is -2.64. The van der Waals surface area contributed by atoms with Gasteiger partial charge in [0.1, 0.15) is 35.3 Å². The molecule has 0 saturated carbocycles. The predicted molar refractivity (Wildman–Crippen MR) is 135 cm³/mol. The van der Waals surface area contributed by atoms with Crippen molar-refractivity contribution in [2.45, 2.75) is 35.5 Å². The van der Waals surface area contributed by atoms with Gasteiger partial charge in [-0.3, -0.25) is 9.11 Å². The van der Waals surface area contributed by atoms with Gasteiger partial charge in [-0.2, -0.15) is 16.8 Å². The smallest absolute Gasteiger partial charge is 0.295 e. The van der Waals surface area contributed by atoms with Crippen LogP contribution in [0.1, 0.15) is 35.1 Å². The largest absolute Gasteiger partial charge is 0.455 e. The van der Waals surface area contributed by atoms with Gasteiger partial charge in [-0.15, -0.1) is 0 Å². The van der Waals surface area contributed by atoms with Gasteiger partial charge in [-0.1, -0.05) is 6.07 Å². The molecule has 0 aliphatic carbocycles. The zero-order chi connectivity index (χ0) is 26.3. The number of rotatable bonds is 3. The summed E-state index contributed by atoms with van der Waals surface area (Å²) in [5.74, 6) is 0.0636. The Labute approximate surface area is 220 Å². The Balaban J connectivity index is 1.82. The number of ether oxygens (including phenoxy) is 1. The molecule has 0 bridgehead atoms. The van der Waals surface area contributed by atoms with Crippen molar-refractivity contribution in [2.24, 2.45) is 0 Å². The van der Waals surface area contributed by atoms with E-state index in [2.05, 4.69) is 20.5 Å². The normalized spacial score (nSPS) is 16.5. The van der Waals surface area contributed by atoms with Crippen molar-refractivity contribution in [3.05, 3.63) is 79.5 Å². The Bertz CT molecular complexity index is 1880. The van der Waals surface area contributed by atoms with Crippen molar-refractivity contribution in [1.29, 1.82) is 0 Å². The monoisotopic (exact) mass is 608 g/mol. The van der Waals surface area contributed by atoms with E-state index in [1.54, 1.807) is 0 Å². The summed E-state index contributed by atoms with van der Waals surface area (Å²) < 4.78 is 91.4. The number of nitrogens with zero attached hydrogens (tertiary/aromatic N) is 1. The second-order valence-corrected chi connectivity index (χ2v) is 12.9. The van der Waals surface area contributed by atoms with E-state index >= 15 is 0 Å². The van der Waals surface area contributed by atoms with Crippen molar-refractivity contribution in [1.82, 2.24) is 4.58 Å². The molecular formula is C25H20BrFNO7S2+. The minimum Gasteiger partial charge on any atom is -0.455 e. The molecule has 0 spiro atoms. The zero-order valence-corrected chi connectivity index (χ0v) is 22.4. The maximum atomic E-state index is 14.6. The van der Waals surface area contributed by atoms with Crippen LogP contribution in [0.15, 0.2) is 50.7 Å². The number of halogens is 2. The number of benzene rings is 3. The van der Waals surface area contributed by atoms with E-state index < -0.39 is 35.8 Å². The van der Waals surface area contributed by atoms with Crippen LogP contribution in [0.25, 0.3) is 5.57 Å². The average Bonchev–Trinajstić information content (AvgIpc) is 2.83. The van der Waals surface area contributed by atoms with Gasteiger partial charge in [0, 0.05) is 46.4 Å². The third kappa shape index (κ3) is 4.02. The minimum absolute atomic E-state index is 0.00478. The lowest BCUT2D eigenvalue weighted by Gasteiger charge is -2.27. The molecule has 3 aliphatic rings. The van der Waals surface area contributed by atoms with E-state index in [1.165, 1.54) is 18.2 Å². The van der Waals surface area contributed by atoms with Gasteiger partial charge in [0.15, 0.2) is 0 Å². The zero-order valence-electron chi connectivity index (χ0n) is 19.2. The van der Waals surface area contributed by atoms with Crippen molar-refractivity contribution < 1.29 is 35.1 Å². The van der Waals surface area contributed by atoms with Crippen LogP contribution in [0, 0.1) is 5.82 Å². The van der Waals surface area contributed by atoms with Gasteiger partial charge in [0.2, 0.25) is 5.36 Å². The van der Waals surface area contributed by atoms with E-state index in [1.807, 2.05) is 6.07 Å². The summed E-state index contributed by atoms with van der Waals surface area (Å²) >= 11 is 3.18. The van der Waals surface area contributed by atoms with Crippen LogP contribution in [0.4, 0.5) is 4.39 Å². The Morgan fingerprint density at radius 1 is 0.919 bits per heavy atom. The predicted octanol–water partition coefficient (Wildman–Crippen LogP) is 2.82. The summed E-state index contributed by atoms with van der Waals surface area (Å²) in [4.78, 5) is -1.39. The lowest BCUT2D eigenvalue weighted by molar-refractivity contribution is 0.434. The first kappa shape index (κ1) is 24.7. The van der Waals surface area contributed by atoms with Crippen LogP contribution in [-0.4, -0.2) is 39.0 Å². The highest BCUT2D eigenvalue weighted by Gasteiger charge is 2.33. The lowest BCUT2D eigenvalue weighted by Crippen LogP contribution is -2.45. The molecule has 6 rings (SSSR count). The van der Waals surface area contributed by atoms with Crippen LogP contribution in [-0.2, 0) is 33.1 Å². The Kier molecular flexibility index (Phi) is 5.63. The summed E-state index contributed by atoms with van der Waals surface area (Å²) in [5.41, 5.74) is 2.73. The minimum atomic E-state index is -4.95. The fourth-order valence-electron chi connectivity index (χ4n) is 5.57. The molecule has 2 N–H and O–H groups in total. The van der Waals surface area contributed by atoms with Crippen LogP contribution in [0.2, 0.25) is 0 Å². The van der Waals surface area contributed by atoms with Gasteiger partial charge >= 0.3 is 0 Å². The second kappa shape index (κ2) is 8.43. The summed E-state index contributed by atoms with van der Waals surface area (Å²) in [5, 5.41) is 1.65. The van der Waals surface area contributed by atoms with E-state index in [-0.39, 0.29) is 15.8 Å². The van der Waals surface area contributed by atoms with Crippen LogP contribution in [0.5, 0.6) is 11.5 Å². The topological polar surface area (TPSA) is 121 Å². The first-order valence-corrected chi connectivity index (χ1v) is 15.2. The highest BCUT2D eigenvalue weighted by molar-refractivity contribution is 9.10. The molecule has 3 aromatic rings. The number of hydrogen-bond acceptors (Lipinski definition) is 5.